The minimum absolute atomic E-state index is 0.0299. The van der Waals surface area contributed by atoms with Gasteiger partial charge in [0.05, 0.1) is 0 Å². The zero-order chi connectivity index (χ0) is 10.6. The average Bonchev–Trinajstić information content (AvgIpc) is 2.16. The molecule has 0 aliphatic heterocycles. The number of amides is 1. The third kappa shape index (κ3) is 2.87. The van der Waals surface area contributed by atoms with Crippen LogP contribution in [0.4, 0.5) is 0 Å². The number of benzene rings is 1. The van der Waals surface area contributed by atoms with Gasteiger partial charge in [0.1, 0.15) is 0 Å². The van der Waals surface area contributed by atoms with E-state index in [4.69, 9.17) is 5.73 Å². The van der Waals surface area contributed by atoms with Gasteiger partial charge in [-0.3, -0.25) is 4.79 Å². The number of carbonyl (C=O) groups is 1. The first kappa shape index (κ1) is 10.8. The van der Waals surface area contributed by atoms with Crippen molar-refractivity contribution in [3.63, 3.8) is 0 Å². The number of carbonyl (C=O) groups excluding carboxylic acids is 1. The van der Waals surface area contributed by atoms with Crippen LogP contribution in [-0.2, 0) is 11.2 Å². The Morgan fingerprint density at radius 1 is 1.36 bits per heavy atom. The van der Waals surface area contributed by atoms with Crippen LogP contribution >= 0.6 is 0 Å². The monoisotopic (exact) mass is 191 g/mol. The number of rotatable bonds is 4. The minimum Gasteiger partial charge on any atom is -0.369 e. The summed E-state index contributed by atoms with van der Waals surface area (Å²) in [4.78, 5) is 11.0. The van der Waals surface area contributed by atoms with E-state index in [2.05, 4.69) is 31.2 Å². The fourth-order valence-corrected chi connectivity index (χ4v) is 1.45. The highest BCUT2D eigenvalue weighted by molar-refractivity contribution is 5.76. The van der Waals surface area contributed by atoms with Crippen LogP contribution in [0.15, 0.2) is 24.3 Å². The van der Waals surface area contributed by atoms with Crippen LogP contribution in [0.25, 0.3) is 0 Å². The Kier molecular flexibility index (Phi) is 3.69. The van der Waals surface area contributed by atoms with Crippen LogP contribution in [0.3, 0.4) is 0 Å². The lowest BCUT2D eigenvalue weighted by Crippen LogP contribution is -2.24. The molecule has 1 rings (SSSR count). The summed E-state index contributed by atoms with van der Waals surface area (Å²) in [7, 11) is 0. The lowest BCUT2D eigenvalue weighted by atomic mass is 9.96. The molecule has 1 atom stereocenters. The van der Waals surface area contributed by atoms with Crippen molar-refractivity contribution in [2.75, 3.05) is 0 Å². The van der Waals surface area contributed by atoms with Gasteiger partial charge in [-0.25, -0.2) is 0 Å². The Labute approximate surface area is 85.1 Å². The standard InChI is InChI=1S/C12H17NO/c1-3-11(12(13)14)8-10-6-4-9(2)5-7-10/h4-7,11H,3,8H2,1-2H3,(H2,13,14)/t11-/m0/s1. The highest BCUT2D eigenvalue weighted by Gasteiger charge is 2.12. The number of primary amides is 1. The SMILES string of the molecule is CC[C@@H](Cc1ccc(C)cc1)C(N)=O. The maximum atomic E-state index is 11.0. The molecule has 2 heteroatoms. The molecule has 0 spiro atoms. The van der Waals surface area contributed by atoms with E-state index in [1.807, 2.05) is 6.92 Å². The molecule has 0 saturated carbocycles. The summed E-state index contributed by atoms with van der Waals surface area (Å²) in [5, 5.41) is 0. The molecule has 0 radical (unpaired) electrons. The molecule has 76 valence electrons. The van der Waals surface area contributed by atoms with Gasteiger partial charge in [-0.05, 0) is 25.3 Å². The lowest BCUT2D eigenvalue weighted by molar-refractivity contribution is -0.121. The zero-order valence-corrected chi connectivity index (χ0v) is 8.79. The van der Waals surface area contributed by atoms with Gasteiger partial charge in [0.15, 0.2) is 0 Å². The first-order valence-electron chi connectivity index (χ1n) is 4.98. The quantitative estimate of drug-likeness (QED) is 0.777. The van der Waals surface area contributed by atoms with Crippen LogP contribution in [0, 0.1) is 12.8 Å². The molecule has 0 aliphatic rings. The van der Waals surface area contributed by atoms with Crippen molar-refractivity contribution in [1.82, 2.24) is 0 Å². The summed E-state index contributed by atoms with van der Waals surface area (Å²) in [5.74, 6) is -0.231. The fraction of sp³-hybridized carbons (Fsp3) is 0.417. The molecule has 1 aromatic carbocycles. The summed E-state index contributed by atoms with van der Waals surface area (Å²) in [6.45, 7) is 4.04. The fourth-order valence-electron chi connectivity index (χ4n) is 1.45. The van der Waals surface area contributed by atoms with E-state index in [9.17, 15) is 4.79 Å². The number of nitrogens with two attached hydrogens (primary N) is 1. The molecule has 0 aliphatic carbocycles. The van der Waals surface area contributed by atoms with Gasteiger partial charge in [0, 0.05) is 5.92 Å². The normalized spacial score (nSPS) is 12.4. The topological polar surface area (TPSA) is 43.1 Å². The van der Waals surface area contributed by atoms with Crippen LogP contribution < -0.4 is 5.73 Å². The van der Waals surface area contributed by atoms with Gasteiger partial charge in [-0.15, -0.1) is 0 Å². The zero-order valence-electron chi connectivity index (χ0n) is 8.79. The van der Waals surface area contributed by atoms with Crippen LogP contribution in [0.5, 0.6) is 0 Å². The summed E-state index contributed by atoms with van der Waals surface area (Å²) in [5.41, 5.74) is 7.70. The third-order valence-electron chi connectivity index (χ3n) is 2.50. The summed E-state index contributed by atoms with van der Waals surface area (Å²) in [6, 6.07) is 8.23. The van der Waals surface area contributed by atoms with Gasteiger partial charge < -0.3 is 5.73 Å². The number of hydrogen-bond donors (Lipinski definition) is 1. The summed E-state index contributed by atoms with van der Waals surface area (Å²) < 4.78 is 0. The molecule has 0 unspecified atom stereocenters. The average molecular weight is 191 g/mol. The van der Waals surface area contributed by atoms with E-state index in [0.29, 0.717) is 0 Å². The first-order valence-corrected chi connectivity index (χ1v) is 4.98. The van der Waals surface area contributed by atoms with E-state index < -0.39 is 0 Å². The van der Waals surface area contributed by atoms with Crippen LogP contribution in [0.1, 0.15) is 24.5 Å². The van der Waals surface area contributed by atoms with Gasteiger partial charge in [0.25, 0.3) is 0 Å². The highest BCUT2D eigenvalue weighted by atomic mass is 16.1. The van der Waals surface area contributed by atoms with Crippen molar-refractivity contribution in [2.24, 2.45) is 11.7 Å². The molecule has 0 fully saturated rings. The molecule has 0 heterocycles. The molecule has 2 nitrogen and oxygen atoms in total. The Morgan fingerprint density at radius 3 is 2.36 bits per heavy atom. The predicted molar refractivity (Wildman–Crippen MR) is 57.9 cm³/mol. The molecule has 1 amide bonds. The van der Waals surface area contributed by atoms with Crippen LogP contribution in [0.2, 0.25) is 0 Å². The second-order valence-electron chi connectivity index (χ2n) is 3.70. The van der Waals surface area contributed by atoms with Crippen molar-refractivity contribution in [3.05, 3.63) is 35.4 Å². The lowest BCUT2D eigenvalue weighted by Gasteiger charge is -2.10. The van der Waals surface area contributed by atoms with E-state index >= 15 is 0 Å². The highest BCUT2D eigenvalue weighted by Crippen LogP contribution is 2.12. The number of hydrogen-bond acceptors (Lipinski definition) is 1. The summed E-state index contributed by atoms with van der Waals surface area (Å²) >= 11 is 0. The number of aryl methyl sites for hydroxylation is 1. The largest absolute Gasteiger partial charge is 0.369 e. The molecular formula is C12H17NO. The van der Waals surface area contributed by atoms with Gasteiger partial charge in [-0.2, -0.15) is 0 Å². The van der Waals surface area contributed by atoms with Crippen molar-refractivity contribution in [3.8, 4) is 0 Å². The Morgan fingerprint density at radius 2 is 1.93 bits per heavy atom. The molecule has 2 N–H and O–H groups in total. The maximum absolute atomic E-state index is 11.0. The second kappa shape index (κ2) is 4.80. The van der Waals surface area contributed by atoms with E-state index in [1.54, 1.807) is 0 Å². The van der Waals surface area contributed by atoms with Crippen molar-refractivity contribution in [2.45, 2.75) is 26.7 Å². The van der Waals surface area contributed by atoms with Crippen molar-refractivity contribution in [1.29, 1.82) is 0 Å². The molecule has 1 aromatic rings. The molecule has 0 aromatic heterocycles. The second-order valence-corrected chi connectivity index (χ2v) is 3.70. The Bertz CT molecular complexity index is 303. The minimum atomic E-state index is -0.201. The molecular weight excluding hydrogens is 174 g/mol. The van der Waals surface area contributed by atoms with Gasteiger partial charge >= 0.3 is 0 Å². The Balaban J connectivity index is 2.67. The maximum Gasteiger partial charge on any atom is 0.220 e. The van der Waals surface area contributed by atoms with Crippen LogP contribution in [-0.4, -0.2) is 5.91 Å². The summed E-state index contributed by atoms with van der Waals surface area (Å²) in [6.07, 6.45) is 1.56. The smallest absolute Gasteiger partial charge is 0.220 e. The molecule has 0 bridgehead atoms. The molecule has 0 saturated heterocycles. The van der Waals surface area contributed by atoms with Crippen molar-refractivity contribution < 1.29 is 4.79 Å². The van der Waals surface area contributed by atoms with E-state index in [1.165, 1.54) is 11.1 Å². The van der Waals surface area contributed by atoms with Gasteiger partial charge in [-0.1, -0.05) is 36.8 Å². The molecule has 14 heavy (non-hydrogen) atoms. The predicted octanol–water partition coefficient (Wildman–Crippen LogP) is 2.05. The Hall–Kier alpha value is -1.31. The van der Waals surface area contributed by atoms with E-state index in [0.717, 1.165) is 12.8 Å². The van der Waals surface area contributed by atoms with Gasteiger partial charge in [0.2, 0.25) is 5.91 Å². The first-order chi connectivity index (χ1) is 6.63. The van der Waals surface area contributed by atoms with Crippen molar-refractivity contribution >= 4 is 5.91 Å². The third-order valence-corrected chi connectivity index (χ3v) is 2.50. The van der Waals surface area contributed by atoms with E-state index in [-0.39, 0.29) is 11.8 Å².